The topological polar surface area (TPSA) is 73.9 Å². The molecule has 1 N–H and O–H groups in total. The van der Waals surface area contributed by atoms with E-state index in [2.05, 4.69) is 28.0 Å². The third-order valence-electron chi connectivity index (χ3n) is 7.50. The second-order valence-corrected chi connectivity index (χ2v) is 10.6. The van der Waals surface area contributed by atoms with Crippen LogP contribution in [0, 0.1) is 6.57 Å². The molecule has 4 aromatic rings. The van der Waals surface area contributed by atoms with Crippen molar-refractivity contribution >= 4 is 34.0 Å². The van der Waals surface area contributed by atoms with Gasteiger partial charge in [0.1, 0.15) is 5.82 Å². The van der Waals surface area contributed by atoms with Crippen LogP contribution in [0.15, 0.2) is 67.0 Å². The SMILES string of the molecule is [C-]#[N+]c1ccc(-c2cccc3c(C4CC4)c(N4CCN(c5ccc(C(C)(C)O)cn5)CC4=O)cnc23)cc1. The quantitative estimate of drug-likeness (QED) is 0.348. The smallest absolute Gasteiger partial charge is 0.246 e. The van der Waals surface area contributed by atoms with Crippen molar-refractivity contribution in [3.63, 3.8) is 0 Å². The molecule has 2 fully saturated rings. The molecular weight excluding hydrogens is 474 g/mol. The van der Waals surface area contributed by atoms with E-state index in [0.29, 0.717) is 24.7 Å². The van der Waals surface area contributed by atoms with Gasteiger partial charge in [-0.25, -0.2) is 9.83 Å². The van der Waals surface area contributed by atoms with Gasteiger partial charge in [-0.3, -0.25) is 9.78 Å². The molecule has 0 radical (unpaired) electrons. The van der Waals surface area contributed by atoms with E-state index in [-0.39, 0.29) is 12.5 Å². The minimum Gasteiger partial charge on any atom is -0.386 e. The van der Waals surface area contributed by atoms with Crippen molar-refractivity contribution in [3.05, 3.63) is 89.5 Å². The summed E-state index contributed by atoms with van der Waals surface area (Å²) in [4.78, 5) is 30.2. The van der Waals surface area contributed by atoms with Crippen LogP contribution in [0.2, 0.25) is 0 Å². The van der Waals surface area contributed by atoms with E-state index in [9.17, 15) is 9.90 Å². The van der Waals surface area contributed by atoms with Gasteiger partial charge in [0.2, 0.25) is 5.91 Å². The molecule has 0 unspecified atom stereocenters. The normalized spacial score (nSPS) is 16.1. The molecule has 1 saturated heterocycles. The zero-order valence-corrected chi connectivity index (χ0v) is 21.6. The molecule has 1 aliphatic heterocycles. The lowest BCUT2D eigenvalue weighted by Crippen LogP contribution is -2.51. The van der Waals surface area contributed by atoms with Crippen LogP contribution in [0.25, 0.3) is 26.9 Å². The van der Waals surface area contributed by atoms with Crippen LogP contribution in [-0.4, -0.2) is 40.6 Å². The van der Waals surface area contributed by atoms with Gasteiger partial charge in [0.15, 0.2) is 5.69 Å². The number of benzene rings is 2. The summed E-state index contributed by atoms with van der Waals surface area (Å²) >= 11 is 0. The molecule has 1 aliphatic carbocycles. The highest BCUT2D eigenvalue weighted by Gasteiger charge is 2.34. The van der Waals surface area contributed by atoms with Gasteiger partial charge >= 0.3 is 0 Å². The Morgan fingerprint density at radius 1 is 1.00 bits per heavy atom. The van der Waals surface area contributed by atoms with E-state index in [4.69, 9.17) is 11.6 Å². The Morgan fingerprint density at radius 3 is 2.42 bits per heavy atom. The number of anilines is 2. The van der Waals surface area contributed by atoms with Crippen LogP contribution >= 0.6 is 0 Å². The number of amides is 1. The number of aromatic nitrogens is 2. The zero-order chi connectivity index (χ0) is 26.4. The molecule has 2 aromatic carbocycles. The fourth-order valence-electron chi connectivity index (χ4n) is 5.26. The molecule has 7 heteroatoms. The summed E-state index contributed by atoms with van der Waals surface area (Å²) in [5.74, 6) is 1.19. The van der Waals surface area contributed by atoms with Crippen LogP contribution in [0.4, 0.5) is 17.2 Å². The average Bonchev–Trinajstić information content (AvgIpc) is 3.77. The van der Waals surface area contributed by atoms with E-state index in [0.717, 1.165) is 51.9 Å². The monoisotopic (exact) mass is 503 g/mol. The van der Waals surface area contributed by atoms with Crippen LogP contribution in [0.5, 0.6) is 0 Å². The van der Waals surface area contributed by atoms with E-state index in [1.165, 1.54) is 5.56 Å². The number of pyridine rings is 2. The van der Waals surface area contributed by atoms with E-state index < -0.39 is 5.60 Å². The molecular formula is C31H29N5O2. The van der Waals surface area contributed by atoms with Crippen molar-refractivity contribution in [2.45, 2.75) is 38.2 Å². The second-order valence-electron chi connectivity index (χ2n) is 10.6. The van der Waals surface area contributed by atoms with Crippen LogP contribution in [-0.2, 0) is 10.4 Å². The molecule has 2 aromatic heterocycles. The molecule has 0 spiro atoms. The van der Waals surface area contributed by atoms with Gasteiger partial charge in [-0.05, 0) is 49.8 Å². The number of aliphatic hydroxyl groups is 1. The Balaban J connectivity index is 1.32. The van der Waals surface area contributed by atoms with Gasteiger partial charge in [-0.1, -0.05) is 48.5 Å². The van der Waals surface area contributed by atoms with Gasteiger partial charge < -0.3 is 14.9 Å². The largest absolute Gasteiger partial charge is 0.386 e. The summed E-state index contributed by atoms with van der Waals surface area (Å²) in [6.45, 7) is 12.1. The molecule has 2 aliphatic rings. The Labute approximate surface area is 222 Å². The molecule has 6 rings (SSSR count). The van der Waals surface area contributed by atoms with Crippen molar-refractivity contribution in [3.8, 4) is 11.1 Å². The molecule has 38 heavy (non-hydrogen) atoms. The first-order valence-corrected chi connectivity index (χ1v) is 13.0. The maximum atomic E-state index is 13.4. The number of nitrogens with zero attached hydrogens (tertiary/aromatic N) is 5. The Kier molecular flexibility index (Phi) is 5.85. The molecule has 1 saturated carbocycles. The lowest BCUT2D eigenvalue weighted by atomic mass is 9.96. The zero-order valence-electron chi connectivity index (χ0n) is 21.6. The highest BCUT2D eigenvalue weighted by Crippen LogP contribution is 2.48. The first kappa shape index (κ1) is 24.1. The highest BCUT2D eigenvalue weighted by molar-refractivity contribution is 6.03. The number of carbonyl (C=O) groups excluding carboxylic acids is 1. The number of piperazine rings is 1. The van der Waals surface area contributed by atoms with Crippen molar-refractivity contribution in [1.82, 2.24) is 9.97 Å². The van der Waals surface area contributed by atoms with Crippen molar-refractivity contribution in [2.75, 3.05) is 29.4 Å². The maximum Gasteiger partial charge on any atom is 0.246 e. The summed E-state index contributed by atoms with van der Waals surface area (Å²) in [6.07, 6.45) is 5.78. The fourth-order valence-corrected chi connectivity index (χ4v) is 5.26. The Morgan fingerprint density at radius 2 is 1.79 bits per heavy atom. The van der Waals surface area contributed by atoms with Gasteiger partial charge in [0.25, 0.3) is 0 Å². The summed E-state index contributed by atoms with van der Waals surface area (Å²) in [7, 11) is 0. The lowest BCUT2D eigenvalue weighted by molar-refractivity contribution is -0.117. The fraction of sp³-hybridized carbons (Fsp3) is 0.290. The number of rotatable bonds is 5. The first-order chi connectivity index (χ1) is 18.3. The molecule has 0 atom stereocenters. The van der Waals surface area contributed by atoms with E-state index in [1.807, 2.05) is 52.4 Å². The van der Waals surface area contributed by atoms with Gasteiger partial charge in [-0.2, -0.15) is 0 Å². The van der Waals surface area contributed by atoms with Crippen molar-refractivity contribution in [1.29, 1.82) is 0 Å². The average molecular weight is 504 g/mol. The third-order valence-corrected chi connectivity index (χ3v) is 7.50. The molecule has 1 amide bonds. The standard InChI is InChI=1S/C31H29N5O2/c1-31(2,38)22-11-14-27(33-17-22)35-15-16-36(28(37)19-35)26-18-34-30-24(20-9-12-23(32-3)13-10-20)5-4-6-25(30)29(26)21-7-8-21/h4-6,9-14,17-18,21,38H,7-8,15-16,19H2,1-2H3. The minimum absolute atomic E-state index is 0.0264. The molecule has 0 bridgehead atoms. The molecule has 7 nitrogen and oxygen atoms in total. The van der Waals surface area contributed by atoms with Crippen molar-refractivity contribution < 1.29 is 9.90 Å². The number of para-hydroxylation sites is 1. The summed E-state index contributed by atoms with van der Waals surface area (Å²) in [5.41, 5.74) is 5.51. The number of hydrogen-bond acceptors (Lipinski definition) is 5. The predicted octanol–water partition coefficient (Wildman–Crippen LogP) is 5.81. The lowest BCUT2D eigenvalue weighted by Gasteiger charge is -2.36. The molecule has 190 valence electrons. The number of fused-ring (bicyclic) bond motifs is 1. The summed E-state index contributed by atoms with van der Waals surface area (Å²) in [5, 5.41) is 11.3. The Hall–Kier alpha value is -4.28. The minimum atomic E-state index is -0.955. The maximum absolute atomic E-state index is 13.4. The predicted molar refractivity (Wildman–Crippen MR) is 149 cm³/mol. The first-order valence-electron chi connectivity index (χ1n) is 13.0. The molecule has 3 heterocycles. The number of carbonyl (C=O) groups is 1. The van der Waals surface area contributed by atoms with Crippen LogP contribution in [0.1, 0.15) is 43.7 Å². The second kappa shape index (κ2) is 9.23. The van der Waals surface area contributed by atoms with E-state index >= 15 is 0 Å². The summed E-state index contributed by atoms with van der Waals surface area (Å²) in [6, 6.07) is 17.6. The van der Waals surface area contributed by atoms with Gasteiger partial charge in [0, 0.05) is 35.8 Å². The number of hydrogen-bond donors (Lipinski definition) is 1. The van der Waals surface area contributed by atoms with E-state index in [1.54, 1.807) is 20.0 Å². The Bertz CT molecular complexity index is 1560. The van der Waals surface area contributed by atoms with Gasteiger partial charge in [0.05, 0.1) is 36.1 Å². The van der Waals surface area contributed by atoms with Crippen LogP contribution in [0.3, 0.4) is 0 Å². The third kappa shape index (κ3) is 4.37. The highest BCUT2D eigenvalue weighted by atomic mass is 16.3. The van der Waals surface area contributed by atoms with Gasteiger partial charge in [-0.15, -0.1) is 0 Å². The van der Waals surface area contributed by atoms with Crippen molar-refractivity contribution in [2.24, 2.45) is 0 Å². The summed E-state index contributed by atoms with van der Waals surface area (Å²) < 4.78 is 0. The van der Waals surface area contributed by atoms with Crippen LogP contribution < -0.4 is 9.80 Å².